The third kappa shape index (κ3) is 117. The molecule has 1 radical (unpaired) electrons. The maximum atomic E-state index is 8.06. The first-order valence-corrected chi connectivity index (χ1v) is 1.41. The Morgan fingerprint density at radius 3 is 1.33 bits per heavy atom. The van der Waals surface area contributed by atoms with Gasteiger partial charge in [-0.1, -0.05) is 0 Å². The van der Waals surface area contributed by atoms with Crippen LogP contribution in [-0.4, -0.2) is 11.2 Å². The van der Waals surface area contributed by atoms with Crippen molar-refractivity contribution >= 4 is 0 Å². The fraction of sp³-hybridized carbons (Fsp3) is 1.00. The van der Waals surface area contributed by atoms with Crippen molar-refractivity contribution in [2.45, 2.75) is 20.0 Å². The Hall–Kier alpha value is 0.756. The zero-order valence-corrected chi connectivity index (χ0v) is 5.53. The van der Waals surface area contributed by atoms with Gasteiger partial charge in [0.1, 0.15) is 0 Å². The van der Waals surface area contributed by atoms with Crippen molar-refractivity contribution in [2.75, 3.05) is 0 Å². The normalized spacial score (nSPS) is 6.00. The quantitative estimate of drug-likeness (QED) is 0.405. The first kappa shape index (κ1) is 15.9. The van der Waals surface area contributed by atoms with E-state index in [0.29, 0.717) is 0 Å². The van der Waals surface area contributed by atoms with Gasteiger partial charge in [-0.05, 0) is 13.8 Å². The van der Waals surface area contributed by atoms with Gasteiger partial charge < -0.3 is 17.5 Å². The molecule has 0 heterocycles. The fourth-order valence-corrected chi connectivity index (χ4v) is 0. The first-order valence-electron chi connectivity index (χ1n) is 1.41. The summed E-state index contributed by atoms with van der Waals surface area (Å²) in [5.74, 6) is 0. The number of aliphatic hydroxyl groups is 1. The van der Waals surface area contributed by atoms with E-state index in [1.165, 1.54) is 0 Å². The van der Waals surface area contributed by atoms with Crippen LogP contribution in [0.3, 0.4) is 0 Å². The molecule has 0 bridgehead atoms. The number of aliphatic hydroxyl groups excluding tert-OH is 1. The van der Waals surface area contributed by atoms with E-state index in [0.717, 1.165) is 0 Å². The molecule has 0 fully saturated rings. The van der Waals surface area contributed by atoms with E-state index in [2.05, 4.69) is 0 Å². The Kier molecular flexibility index (Phi) is 24.4. The monoisotopic (exact) mass is 154 g/mol. The average molecular weight is 154 g/mol. The van der Waals surface area contributed by atoms with Gasteiger partial charge in [-0.3, -0.25) is 0 Å². The van der Waals surface area contributed by atoms with Crippen LogP contribution in [0.4, 0.5) is 0 Å². The minimum Gasteiger partial charge on any atom is -1.00 e. The molecule has 0 rings (SSSR count). The third-order valence-corrected chi connectivity index (χ3v) is 0. The summed E-state index contributed by atoms with van der Waals surface area (Å²) in [6.45, 7) is 3.44. The van der Waals surface area contributed by atoms with Gasteiger partial charge in [-0.2, -0.15) is 0 Å². The molecule has 0 saturated heterocycles. The van der Waals surface area contributed by atoms with Gasteiger partial charge in [0.05, 0.1) is 0 Å². The summed E-state index contributed by atoms with van der Waals surface area (Å²) >= 11 is 0. The molecular formula is C3H8ClCoO-. The molecule has 1 N–H and O–H groups in total. The second kappa shape index (κ2) is 9.23. The van der Waals surface area contributed by atoms with Crippen LogP contribution in [0.25, 0.3) is 0 Å². The summed E-state index contributed by atoms with van der Waals surface area (Å²) in [5.41, 5.74) is 0. The molecular weight excluding hydrogens is 146 g/mol. The zero-order chi connectivity index (χ0) is 3.58. The largest absolute Gasteiger partial charge is 1.00 e. The zero-order valence-electron chi connectivity index (χ0n) is 3.74. The van der Waals surface area contributed by atoms with Crippen molar-refractivity contribution in [2.24, 2.45) is 0 Å². The van der Waals surface area contributed by atoms with Crippen LogP contribution in [-0.2, 0) is 16.8 Å². The van der Waals surface area contributed by atoms with Crippen LogP contribution in [0, 0.1) is 0 Å². The molecule has 0 amide bonds. The van der Waals surface area contributed by atoms with E-state index in [1.54, 1.807) is 13.8 Å². The fourth-order valence-electron chi connectivity index (χ4n) is 0. The molecule has 43 valence electrons. The minimum absolute atomic E-state index is 0. The van der Waals surface area contributed by atoms with Crippen LogP contribution in [0.15, 0.2) is 0 Å². The number of hydrogen-bond donors (Lipinski definition) is 1. The van der Waals surface area contributed by atoms with Gasteiger partial charge in [0.2, 0.25) is 0 Å². The van der Waals surface area contributed by atoms with Gasteiger partial charge in [-0.15, -0.1) is 0 Å². The topological polar surface area (TPSA) is 20.2 Å². The standard InChI is InChI=1S/C3H8O.ClH.Co/c1-3(2)4;;/h3-4H,1-2H3;1H;/p-1. The van der Waals surface area contributed by atoms with E-state index in [4.69, 9.17) is 5.11 Å². The van der Waals surface area contributed by atoms with Crippen molar-refractivity contribution in [3.63, 3.8) is 0 Å². The molecule has 6 heavy (non-hydrogen) atoms. The van der Waals surface area contributed by atoms with E-state index < -0.39 is 0 Å². The van der Waals surface area contributed by atoms with E-state index >= 15 is 0 Å². The number of halogens is 1. The summed E-state index contributed by atoms with van der Waals surface area (Å²) in [6, 6.07) is 0. The molecule has 0 saturated carbocycles. The molecule has 0 aliphatic rings. The molecule has 3 heteroatoms. The van der Waals surface area contributed by atoms with Crippen molar-refractivity contribution in [3.8, 4) is 0 Å². The summed E-state index contributed by atoms with van der Waals surface area (Å²) in [4.78, 5) is 0. The van der Waals surface area contributed by atoms with E-state index in [9.17, 15) is 0 Å². The Morgan fingerprint density at radius 2 is 1.33 bits per heavy atom. The minimum atomic E-state index is -0.167. The Bertz CT molecular complexity index is 15.5. The third-order valence-electron chi connectivity index (χ3n) is 0. The van der Waals surface area contributed by atoms with Gasteiger partial charge in [0.15, 0.2) is 0 Å². The summed E-state index contributed by atoms with van der Waals surface area (Å²) in [6.07, 6.45) is -0.167. The second-order valence-electron chi connectivity index (χ2n) is 1.09. The van der Waals surface area contributed by atoms with Gasteiger partial charge in [-0.25, -0.2) is 0 Å². The molecule has 1 nitrogen and oxygen atoms in total. The van der Waals surface area contributed by atoms with E-state index in [-0.39, 0.29) is 35.3 Å². The predicted octanol–water partition coefficient (Wildman–Crippen LogP) is -2.61. The van der Waals surface area contributed by atoms with Crippen molar-refractivity contribution < 1.29 is 34.3 Å². The molecule has 0 aromatic rings. The maximum Gasteiger partial charge on any atom is 0.0483 e. The molecule has 0 aliphatic carbocycles. The van der Waals surface area contributed by atoms with Gasteiger partial charge in [0.25, 0.3) is 0 Å². The van der Waals surface area contributed by atoms with Crippen LogP contribution in [0.5, 0.6) is 0 Å². The smallest absolute Gasteiger partial charge is 0.0483 e. The Labute approximate surface area is 54.7 Å². The van der Waals surface area contributed by atoms with Crippen molar-refractivity contribution in [1.82, 2.24) is 0 Å². The second-order valence-corrected chi connectivity index (χ2v) is 1.09. The summed E-state index contributed by atoms with van der Waals surface area (Å²) in [5, 5.41) is 8.06. The Morgan fingerprint density at radius 1 is 1.33 bits per heavy atom. The predicted molar refractivity (Wildman–Crippen MR) is 17.4 cm³/mol. The number of hydrogen-bond acceptors (Lipinski definition) is 1. The SMILES string of the molecule is CC(C)O.[Cl-].[Co]. The molecule has 0 atom stereocenters. The van der Waals surface area contributed by atoms with Gasteiger partial charge in [0, 0.05) is 22.9 Å². The van der Waals surface area contributed by atoms with Crippen molar-refractivity contribution in [1.29, 1.82) is 0 Å². The van der Waals surface area contributed by atoms with Crippen LogP contribution < -0.4 is 12.4 Å². The van der Waals surface area contributed by atoms with Crippen LogP contribution >= 0.6 is 0 Å². The molecule has 0 aromatic carbocycles. The average Bonchev–Trinajstić information content (AvgIpc) is 0.811. The maximum absolute atomic E-state index is 8.06. The Balaban J connectivity index is -0.0000000450. The molecule has 0 spiro atoms. The summed E-state index contributed by atoms with van der Waals surface area (Å²) in [7, 11) is 0. The molecule has 0 unspecified atom stereocenters. The van der Waals surface area contributed by atoms with Crippen LogP contribution in [0.1, 0.15) is 13.8 Å². The van der Waals surface area contributed by atoms with Crippen molar-refractivity contribution in [3.05, 3.63) is 0 Å². The van der Waals surface area contributed by atoms with Crippen LogP contribution in [0.2, 0.25) is 0 Å². The van der Waals surface area contributed by atoms with E-state index in [1.807, 2.05) is 0 Å². The number of rotatable bonds is 0. The van der Waals surface area contributed by atoms with Gasteiger partial charge >= 0.3 is 0 Å². The first-order chi connectivity index (χ1) is 1.73. The summed E-state index contributed by atoms with van der Waals surface area (Å²) < 4.78 is 0. The molecule has 0 aromatic heterocycles. The molecule has 0 aliphatic heterocycles.